The van der Waals surface area contributed by atoms with Crippen LogP contribution in [0.4, 0.5) is 4.79 Å². The van der Waals surface area contributed by atoms with E-state index in [2.05, 4.69) is 27.9 Å². The Bertz CT molecular complexity index is 984. The molecule has 1 saturated carbocycles. The van der Waals surface area contributed by atoms with Crippen LogP contribution >= 0.6 is 11.8 Å². The standard InChI is InChI=1S/C21H26N6O3S/c1-14-8-10-21(11-9-14)18(29)27(19(30)22-21)25-17(28)13-31-20-24-23-15(2)26(20)12-16-6-4-3-5-7-16/h3-7,14H,8-13H2,1-2H3,(H,22,30)(H,25,28). The van der Waals surface area contributed by atoms with Gasteiger partial charge in [-0.2, -0.15) is 5.01 Å². The van der Waals surface area contributed by atoms with Crippen LogP contribution in [0.15, 0.2) is 35.5 Å². The van der Waals surface area contributed by atoms with Gasteiger partial charge in [-0.25, -0.2) is 4.79 Å². The molecule has 1 spiro atoms. The normalized spacial score (nSPS) is 23.3. The summed E-state index contributed by atoms with van der Waals surface area (Å²) in [6, 6.07) is 9.34. The Morgan fingerprint density at radius 2 is 1.94 bits per heavy atom. The van der Waals surface area contributed by atoms with Crippen molar-refractivity contribution in [2.75, 3.05) is 5.75 Å². The molecule has 164 valence electrons. The van der Waals surface area contributed by atoms with Crippen molar-refractivity contribution in [3.05, 3.63) is 41.7 Å². The molecule has 31 heavy (non-hydrogen) atoms. The highest BCUT2D eigenvalue weighted by Gasteiger charge is 2.52. The van der Waals surface area contributed by atoms with E-state index in [1.165, 1.54) is 11.8 Å². The van der Waals surface area contributed by atoms with Crippen LogP contribution in [0.25, 0.3) is 0 Å². The summed E-state index contributed by atoms with van der Waals surface area (Å²) in [5, 5.41) is 12.5. The fraction of sp³-hybridized carbons (Fsp3) is 0.476. The van der Waals surface area contributed by atoms with E-state index >= 15 is 0 Å². The number of nitrogens with zero attached hydrogens (tertiary/aromatic N) is 4. The molecule has 2 heterocycles. The fourth-order valence-corrected chi connectivity index (χ4v) is 4.79. The van der Waals surface area contributed by atoms with E-state index in [9.17, 15) is 14.4 Å². The lowest BCUT2D eigenvalue weighted by atomic mass is 9.77. The lowest BCUT2D eigenvalue weighted by Gasteiger charge is -2.33. The van der Waals surface area contributed by atoms with Gasteiger partial charge in [0.2, 0.25) is 5.91 Å². The Hall–Kier alpha value is -2.88. The van der Waals surface area contributed by atoms with Gasteiger partial charge >= 0.3 is 6.03 Å². The molecule has 0 unspecified atom stereocenters. The number of hydrogen-bond acceptors (Lipinski definition) is 6. The molecular weight excluding hydrogens is 416 g/mol. The van der Waals surface area contributed by atoms with Gasteiger partial charge < -0.3 is 9.88 Å². The summed E-state index contributed by atoms with van der Waals surface area (Å²) in [6.07, 6.45) is 2.95. The minimum atomic E-state index is -0.878. The van der Waals surface area contributed by atoms with Crippen molar-refractivity contribution >= 4 is 29.6 Å². The zero-order valence-corrected chi connectivity index (χ0v) is 18.4. The second-order valence-electron chi connectivity index (χ2n) is 8.26. The molecule has 2 aromatic rings. The van der Waals surface area contributed by atoms with Gasteiger partial charge in [0.1, 0.15) is 11.4 Å². The van der Waals surface area contributed by atoms with E-state index < -0.39 is 17.5 Å². The first-order valence-electron chi connectivity index (χ1n) is 10.4. The molecule has 4 amide bonds. The van der Waals surface area contributed by atoms with Crippen molar-refractivity contribution in [1.29, 1.82) is 0 Å². The fourth-order valence-electron chi connectivity index (χ4n) is 4.02. The van der Waals surface area contributed by atoms with Crippen molar-refractivity contribution in [3.8, 4) is 0 Å². The number of aromatic nitrogens is 3. The third-order valence-corrected chi connectivity index (χ3v) is 6.91. The molecule has 10 heteroatoms. The maximum absolute atomic E-state index is 12.9. The zero-order valence-electron chi connectivity index (χ0n) is 17.6. The van der Waals surface area contributed by atoms with Crippen LogP contribution in [0.3, 0.4) is 0 Å². The summed E-state index contributed by atoms with van der Waals surface area (Å²) < 4.78 is 1.93. The van der Waals surface area contributed by atoms with Gasteiger partial charge in [-0.05, 0) is 44.1 Å². The summed E-state index contributed by atoms with van der Waals surface area (Å²) >= 11 is 1.22. The number of amides is 4. The first-order chi connectivity index (χ1) is 14.9. The van der Waals surface area contributed by atoms with Crippen LogP contribution in [-0.4, -0.2) is 48.9 Å². The molecule has 2 N–H and O–H groups in total. The molecule has 0 radical (unpaired) electrons. The van der Waals surface area contributed by atoms with E-state index in [1.54, 1.807) is 0 Å². The van der Waals surface area contributed by atoms with Crippen molar-refractivity contribution < 1.29 is 14.4 Å². The number of carbonyl (C=O) groups is 3. The van der Waals surface area contributed by atoms with E-state index in [1.807, 2.05) is 41.8 Å². The topological polar surface area (TPSA) is 109 Å². The maximum Gasteiger partial charge on any atom is 0.344 e. The summed E-state index contributed by atoms with van der Waals surface area (Å²) in [7, 11) is 0. The summed E-state index contributed by atoms with van der Waals surface area (Å²) in [5.74, 6) is 0.475. The number of carbonyl (C=O) groups excluding carboxylic acids is 3. The van der Waals surface area contributed by atoms with Gasteiger partial charge in [-0.1, -0.05) is 49.0 Å². The lowest BCUT2D eigenvalue weighted by molar-refractivity contribution is -0.139. The highest BCUT2D eigenvalue weighted by Crippen LogP contribution is 2.35. The van der Waals surface area contributed by atoms with E-state index in [0.29, 0.717) is 30.5 Å². The molecule has 1 aliphatic carbocycles. The van der Waals surface area contributed by atoms with Crippen molar-refractivity contribution in [1.82, 2.24) is 30.5 Å². The quantitative estimate of drug-likeness (QED) is 0.525. The van der Waals surface area contributed by atoms with Gasteiger partial charge in [-0.15, -0.1) is 10.2 Å². The smallest absolute Gasteiger partial charge is 0.322 e. The summed E-state index contributed by atoms with van der Waals surface area (Å²) in [5.41, 5.74) is 2.68. The second-order valence-corrected chi connectivity index (χ2v) is 9.20. The summed E-state index contributed by atoms with van der Waals surface area (Å²) in [6.45, 7) is 4.60. The van der Waals surface area contributed by atoms with Crippen molar-refractivity contribution in [2.24, 2.45) is 5.92 Å². The lowest BCUT2D eigenvalue weighted by Crippen LogP contribution is -2.51. The van der Waals surface area contributed by atoms with E-state index in [4.69, 9.17) is 0 Å². The third-order valence-electron chi connectivity index (χ3n) is 5.94. The predicted octanol–water partition coefficient (Wildman–Crippen LogP) is 2.26. The molecule has 1 aromatic heterocycles. The Kier molecular flexibility index (Phi) is 5.99. The Labute approximate surface area is 184 Å². The average molecular weight is 443 g/mol. The van der Waals surface area contributed by atoms with Crippen molar-refractivity contribution in [3.63, 3.8) is 0 Å². The molecular formula is C21H26N6O3S. The van der Waals surface area contributed by atoms with Gasteiger partial charge in [0, 0.05) is 0 Å². The molecule has 2 aliphatic rings. The van der Waals surface area contributed by atoms with Gasteiger partial charge in [0.15, 0.2) is 5.16 Å². The SMILES string of the molecule is Cc1nnc(SCC(=O)NN2C(=O)NC3(CCC(C)CC3)C2=O)n1Cc1ccccc1. The highest BCUT2D eigenvalue weighted by atomic mass is 32.2. The molecule has 1 saturated heterocycles. The van der Waals surface area contributed by atoms with Crippen LogP contribution in [0, 0.1) is 12.8 Å². The molecule has 9 nitrogen and oxygen atoms in total. The first kappa shape index (κ1) is 21.4. The Morgan fingerprint density at radius 3 is 2.65 bits per heavy atom. The Morgan fingerprint density at radius 1 is 1.23 bits per heavy atom. The van der Waals surface area contributed by atoms with E-state index in [-0.39, 0.29) is 11.7 Å². The minimum absolute atomic E-state index is 0.00795. The van der Waals surface area contributed by atoms with E-state index in [0.717, 1.165) is 29.2 Å². The largest absolute Gasteiger partial charge is 0.344 e. The summed E-state index contributed by atoms with van der Waals surface area (Å²) in [4.78, 5) is 37.7. The average Bonchev–Trinajstić information content (AvgIpc) is 3.22. The maximum atomic E-state index is 12.9. The van der Waals surface area contributed by atoms with Gasteiger partial charge in [0.25, 0.3) is 5.91 Å². The predicted molar refractivity (Wildman–Crippen MR) is 115 cm³/mol. The van der Waals surface area contributed by atoms with Gasteiger partial charge in [-0.3, -0.25) is 15.0 Å². The number of imide groups is 1. The molecule has 0 atom stereocenters. The molecule has 2 fully saturated rings. The number of rotatable bonds is 6. The number of aryl methyl sites for hydroxylation is 1. The highest BCUT2D eigenvalue weighted by molar-refractivity contribution is 7.99. The number of thioether (sulfide) groups is 1. The van der Waals surface area contributed by atoms with Crippen LogP contribution < -0.4 is 10.7 Å². The molecule has 1 aromatic carbocycles. The number of urea groups is 1. The van der Waals surface area contributed by atoms with Crippen LogP contribution in [-0.2, 0) is 16.1 Å². The second kappa shape index (κ2) is 8.70. The van der Waals surface area contributed by atoms with Crippen LogP contribution in [0.1, 0.15) is 44.0 Å². The molecule has 0 bridgehead atoms. The van der Waals surface area contributed by atoms with Crippen molar-refractivity contribution in [2.45, 2.75) is 56.8 Å². The third kappa shape index (κ3) is 4.43. The molecule has 4 rings (SSSR count). The molecule has 1 aliphatic heterocycles. The first-order valence-corrected chi connectivity index (χ1v) is 11.4. The number of nitrogens with one attached hydrogen (secondary N) is 2. The minimum Gasteiger partial charge on any atom is -0.322 e. The van der Waals surface area contributed by atoms with Crippen LogP contribution in [0.2, 0.25) is 0 Å². The number of hydrazine groups is 1. The monoisotopic (exact) mass is 442 g/mol. The Balaban J connectivity index is 1.36. The number of benzene rings is 1. The zero-order chi connectivity index (χ0) is 22.0. The van der Waals surface area contributed by atoms with Gasteiger partial charge in [0.05, 0.1) is 12.3 Å². The van der Waals surface area contributed by atoms with Crippen LogP contribution in [0.5, 0.6) is 0 Å². The number of hydrogen-bond donors (Lipinski definition) is 2.